The second-order valence-corrected chi connectivity index (χ2v) is 9.34. The minimum absolute atomic E-state index is 0.112. The van der Waals surface area contributed by atoms with Crippen LogP contribution in [0.25, 0.3) is 16.9 Å². The molecule has 2 N–H and O–H groups in total. The van der Waals surface area contributed by atoms with Crippen molar-refractivity contribution in [2.24, 2.45) is 5.73 Å². The number of carbonyl (C=O) groups is 2. The highest BCUT2D eigenvalue weighted by molar-refractivity contribution is 8.00. The number of methoxy groups -OCH3 is 1. The number of ether oxygens (including phenoxy) is 1. The van der Waals surface area contributed by atoms with E-state index in [0.717, 1.165) is 16.7 Å². The molecule has 0 radical (unpaired) electrons. The number of primary amides is 1. The van der Waals surface area contributed by atoms with Gasteiger partial charge >= 0.3 is 0 Å². The number of anilines is 1. The number of hydrogen-bond donors (Lipinski definition) is 1. The number of nitrogens with two attached hydrogens (primary N) is 1. The van der Waals surface area contributed by atoms with E-state index in [1.165, 1.54) is 28.8 Å². The molecule has 5 rings (SSSR count). The average molecular weight is 503 g/mol. The van der Waals surface area contributed by atoms with Gasteiger partial charge in [-0.1, -0.05) is 42.5 Å². The smallest absolute Gasteiger partial charge is 0.238 e. The summed E-state index contributed by atoms with van der Waals surface area (Å²) in [4.78, 5) is 26.8. The number of aromatic nitrogens is 2. The monoisotopic (exact) mass is 502 g/mol. The van der Waals surface area contributed by atoms with Gasteiger partial charge in [-0.2, -0.15) is 5.10 Å². The standard InChI is InChI=1S/C27H23FN4O3S/c1-35-21-13-11-20(12-14-21)32-27-24(25(30-32)17-5-3-2-4-6-17)26(18-7-9-19(28)10-8-18)36-16-23(34)31(27)15-22(29)33/h2-14,26H,15-16H2,1H3,(H2,29,33). The zero-order chi connectivity index (χ0) is 25.2. The molecule has 4 aromatic rings. The molecule has 1 unspecified atom stereocenters. The first kappa shape index (κ1) is 23.6. The Bertz CT molecular complexity index is 1410. The number of halogens is 1. The highest BCUT2D eigenvalue weighted by Gasteiger charge is 2.37. The lowest BCUT2D eigenvalue weighted by atomic mass is 9.99. The number of amides is 2. The molecule has 0 aliphatic carbocycles. The van der Waals surface area contributed by atoms with Crippen molar-refractivity contribution < 1.29 is 18.7 Å². The number of fused-ring (bicyclic) bond motifs is 1. The van der Waals surface area contributed by atoms with Gasteiger partial charge in [-0.15, -0.1) is 11.8 Å². The van der Waals surface area contributed by atoms with E-state index in [9.17, 15) is 14.0 Å². The number of rotatable bonds is 6. The quantitative estimate of drug-likeness (QED) is 0.424. The zero-order valence-electron chi connectivity index (χ0n) is 19.4. The van der Waals surface area contributed by atoms with E-state index in [0.29, 0.717) is 22.9 Å². The highest BCUT2D eigenvalue weighted by Crippen LogP contribution is 2.48. The minimum Gasteiger partial charge on any atom is -0.497 e. The molecule has 9 heteroatoms. The van der Waals surface area contributed by atoms with E-state index in [1.54, 1.807) is 36.1 Å². The molecular weight excluding hydrogens is 479 g/mol. The van der Waals surface area contributed by atoms with Gasteiger partial charge in [-0.25, -0.2) is 9.07 Å². The fourth-order valence-electron chi connectivity index (χ4n) is 4.29. The molecule has 2 amide bonds. The average Bonchev–Trinajstić information content (AvgIpc) is 3.22. The summed E-state index contributed by atoms with van der Waals surface area (Å²) < 4.78 is 20.7. The van der Waals surface area contributed by atoms with Crippen LogP contribution in [0.1, 0.15) is 16.4 Å². The van der Waals surface area contributed by atoms with Crippen molar-refractivity contribution in [3.8, 4) is 22.7 Å². The van der Waals surface area contributed by atoms with E-state index in [1.807, 2.05) is 42.5 Å². The number of thioether (sulfide) groups is 1. The fourth-order valence-corrected chi connectivity index (χ4v) is 5.49. The number of nitrogens with zero attached hydrogens (tertiary/aromatic N) is 3. The second-order valence-electron chi connectivity index (χ2n) is 8.25. The first-order valence-corrected chi connectivity index (χ1v) is 12.3. The third-order valence-electron chi connectivity index (χ3n) is 5.94. The predicted molar refractivity (Wildman–Crippen MR) is 138 cm³/mol. The molecular formula is C27H23FN4O3S. The Balaban J connectivity index is 1.82. The Hall–Kier alpha value is -4.11. The van der Waals surface area contributed by atoms with Gasteiger partial charge in [0.1, 0.15) is 23.9 Å². The van der Waals surface area contributed by atoms with E-state index >= 15 is 0 Å². The van der Waals surface area contributed by atoms with Gasteiger partial charge in [0, 0.05) is 11.1 Å². The van der Waals surface area contributed by atoms with Gasteiger partial charge in [-0.3, -0.25) is 14.5 Å². The maximum Gasteiger partial charge on any atom is 0.238 e. The number of hydrogen-bond acceptors (Lipinski definition) is 5. The Kier molecular flexibility index (Phi) is 6.47. The molecule has 0 saturated heterocycles. The predicted octanol–water partition coefficient (Wildman–Crippen LogP) is 4.34. The number of benzene rings is 3. The maximum absolute atomic E-state index is 13.8. The summed E-state index contributed by atoms with van der Waals surface area (Å²) in [6, 6.07) is 23.1. The van der Waals surface area contributed by atoms with Gasteiger partial charge in [0.25, 0.3) is 0 Å². The van der Waals surface area contributed by atoms with E-state index in [-0.39, 0.29) is 29.3 Å². The summed E-state index contributed by atoms with van der Waals surface area (Å²) in [5.74, 6) is -0.00316. The van der Waals surface area contributed by atoms with Crippen molar-refractivity contribution in [2.45, 2.75) is 5.25 Å². The Morgan fingerprint density at radius 3 is 2.42 bits per heavy atom. The summed E-state index contributed by atoms with van der Waals surface area (Å²) in [6.45, 7) is -0.293. The molecule has 182 valence electrons. The van der Waals surface area contributed by atoms with Crippen molar-refractivity contribution in [1.82, 2.24) is 9.78 Å². The van der Waals surface area contributed by atoms with Gasteiger partial charge in [0.05, 0.1) is 29.5 Å². The van der Waals surface area contributed by atoms with Crippen LogP contribution < -0.4 is 15.4 Å². The van der Waals surface area contributed by atoms with Crippen LogP contribution in [0.15, 0.2) is 78.9 Å². The van der Waals surface area contributed by atoms with Gasteiger partial charge in [0.2, 0.25) is 11.8 Å². The minimum atomic E-state index is -0.636. The highest BCUT2D eigenvalue weighted by atomic mass is 32.2. The SMILES string of the molecule is COc1ccc(-n2nc(-c3ccccc3)c3c2N(CC(N)=O)C(=O)CSC3c2ccc(F)cc2)cc1. The van der Waals surface area contributed by atoms with Crippen molar-refractivity contribution in [3.63, 3.8) is 0 Å². The third-order valence-corrected chi connectivity index (χ3v) is 7.19. The Morgan fingerprint density at radius 2 is 1.78 bits per heavy atom. The van der Waals surface area contributed by atoms with Crippen LogP contribution in [-0.2, 0) is 9.59 Å². The molecule has 36 heavy (non-hydrogen) atoms. The molecule has 1 atom stereocenters. The van der Waals surface area contributed by atoms with Crippen LogP contribution in [0.2, 0.25) is 0 Å². The number of carbonyl (C=O) groups excluding carboxylic acids is 2. The van der Waals surface area contributed by atoms with Crippen LogP contribution >= 0.6 is 11.8 Å². The molecule has 0 bridgehead atoms. The zero-order valence-corrected chi connectivity index (χ0v) is 20.2. The van der Waals surface area contributed by atoms with Crippen LogP contribution in [0.3, 0.4) is 0 Å². The van der Waals surface area contributed by atoms with E-state index in [2.05, 4.69) is 0 Å². The first-order chi connectivity index (χ1) is 17.5. The molecule has 1 aliphatic rings. The van der Waals surface area contributed by atoms with E-state index < -0.39 is 5.91 Å². The van der Waals surface area contributed by atoms with Crippen LogP contribution in [-0.4, -0.2) is 41.0 Å². The summed E-state index contributed by atoms with van der Waals surface area (Å²) in [5.41, 5.74) is 9.34. The molecule has 0 fully saturated rings. The first-order valence-electron chi connectivity index (χ1n) is 11.2. The van der Waals surface area contributed by atoms with Gasteiger partial charge in [0.15, 0.2) is 0 Å². The van der Waals surface area contributed by atoms with Crippen LogP contribution in [0.4, 0.5) is 10.2 Å². The summed E-state index contributed by atoms with van der Waals surface area (Å²) in [7, 11) is 1.58. The fraction of sp³-hybridized carbons (Fsp3) is 0.148. The topological polar surface area (TPSA) is 90.4 Å². The molecule has 0 spiro atoms. The Labute approximate surface area is 211 Å². The summed E-state index contributed by atoms with van der Waals surface area (Å²) in [5, 5.41) is 4.61. The Morgan fingerprint density at radius 1 is 1.08 bits per heavy atom. The molecule has 0 saturated carbocycles. The largest absolute Gasteiger partial charge is 0.497 e. The summed E-state index contributed by atoms with van der Waals surface area (Å²) in [6.07, 6.45) is 0. The van der Waals surface area contributed by atoms with E-state index in [4.69, 9.17) is 15.6 Å². The van der Waals surface area contributed by atoms with Crippen LogP contribution in [0, 0.1) is 5.82 Å². The molecule has 2 heterocycles. The van der Waals surface area contributed by atoms with Gasteiger partial charge in [-0.05, 0) is 42.0 Å². The van der Waals surface area contributed by atoms with Gasteiger partial charge < -0.3 is 10.5 Å². The van der Waals surface area contributed by atoms with Crippen molar-refractivity contribution in [3.05, 3.63) is 95.8 Å². The maximum atomic E-state index is 13.8. The van der Waals surface area contributed by atoms with Crippen molar-refractivity contribution in [1.29, 1.82) is 0 Å². The molecule has 7 nitrogen and oxygen atoms in total. The molecule has 1 aromatic heterocycles. The lowest BCUT2D eigenvalue weighted by molar-refractivity contribution is -0.121. The third kappa shape index (κ3) is 4.45. The second kappa shape index (κ2) is 9.87. The normalized spacial score (nSPS) is 15.3. The lowest BCUT2D eigenvalue weighted by Crippen LogP contribution is -2.40. The summed E-state index contributed by atoms with van der Waals surface area (Å²) >= 11 is 1.41. The molecule has 1 aliphatic heterocycles. The van der Waals surface area contributed by atoms with Crippen molar-refractivity contribution in [2.75, 3.05) is 24.3 Å². The molecule has 3 aromatic carbocycles. The van der Waals surface area contributed by atoms with Crippen molar-refractivity contribution >= 4 is 29.4 Å². The van der Waals surface area contributed by atoms with Crippen LogP contribution in [0.5, 0.6) is 5.75 Å². The lowest BCUT2D eigenvalue weighted by Gasteiger charge is -2.22.